The topological polar surface area (TPSA) is 79.9 Å². The van der Waals surface area contributed by atoms with Gasteiger partial charge in [-0.3, -0.25) is 9.59 Å². The number of carbonyl (C=O) groups excluding carboxylic acids is 2. The van der Waals surface area contributed by atoms with Crippen LogP contribution in [0.5, 0.6) is 11.5 Å². The Bertz CT molecular complexity index is 1330. The molecule has 194 valence electrons. The summed E-state index contributed by atoms with van der Waals surface area (Å²) in [5.74, 6) is 1.11. The molecule has 2 amide bonds. The van der Waals surface area contributed by atoms with Gasteiger partial charge < -0.3 is 25.0 Å². The van der Waals surface area contributed by atoms with Crippen LogP contribution in [0.2, 0.25) is 0 Å². The highest BCUT2D eigenvalue weighted by Crippen LogP contribution is 2.20. The molecule has 0 atom stereocenters. The fourth-order valence-corrected chi connectivity index (χ4v) is 3.86. The van der Waals surface area contributed by atoms with Crippen molar-refractivity contribution in [3.8, 4) is 11.5 Å². The van der Waals surface area contributed by atoms with Crippen LogP contribution in [0.25, 0.3) is 0 Å². The van der Waals surface area contributed by atoms with Gasteiger partial charge in [0.1, 0.15) is 24.7 Å². The van der Waals surface area contributed by atoms with Gasteiger partial charge in [-0.2, -0.15) is 0 Å². The third kappa shape index (κ3) is 7.61. The summed E-state index contributed by atoms with van der Waals surface area (Å²) in [5.41, 5.74) is 2.70. The molecular formula is C31H31N3O4. The van der Waals surface area contributed by atoms with Crippen molar-refractivity contribution in [2.45, 2.75) is 6.92 Å². The quantitative estimate of drug-likeness (QED) is 0.234. The number of rotatable bonds is 12. The van der Waals surface area contributed by atoms with Gasteiger partial charge in [0.2, 0.25) is 5.91 Å². The molecule has 0 spiro atoms. The Kier molecular flexibility index (Phi) is 9.34. The Morgan fingerprint density at radius 1 is 0.711 bits per heavy atom. The highest BCUT2D eigenvalue weighted by atomic mass is 16.5. The van der Waals surface area contributed by atoms with Crippen LogP contribution in [-0.4, -0.2) is 38.1 Å². The van der Waals surface area contributed by atoms with E-state index in [0.717, 1.165) is 11.4 Å². The third-order valence-electron chi connectivity index (χ3n) is 5.67. The summed E-state index contributed by atoms with van der Waals surface area (Å²) < 4.78 is 11.4. The van der Waals surface area contributed by atoms with E-state index in [1.165, 1.54) is 0 Å². The summed E-state index contributed by atoms with van der Waals surface area (Å²) in [7, 11) is 0. The number of benzene rings is 4. The minimum absolute atomic E-state index is 0.0455. The molecule has 38 heavy (non-hydrogen) atoms. The van der Waals surface area contributed by atoms with Crippen LogP contribution >= 0.6 is 0 Å². The van der Waals surface area contributed by atoms with E-state index in [-0.39, 0.29) is 18.4 Å². The fraction of sp³-hybridized carbons (Fsp3) is 0.161. The van der Waals surface area contributed by atoms with Gasteiger partial charge in [0.25, 0.3) is 5.91 Å². The molecule has 4 rings (SSSR count). The molecule has 0 saturated heterocycles. The molecule has 2 N–H and O–H groups in total. The van der Waals surface area contributed by atoms with Crippen LogP contribution < -0.4 is 25.0 Å². The first-order chi connectivity index (χ1) is 18.6. The molecule has 0 fully saturated rings. The molecule has 0 aliphatic rings. The van der Waals surface area contributed by atoms with Gasteiger partial charge >= 0.3 is 0 Å². The summed E-state index contributed by atoms with van der Waals surface area (Å²) in [6.07, 6.45) is 0. The first-order valence-corrected chi connectivity index (χ1v) is 12.5. The number of nitrogens with one attached hydrogen (secondary N) is 2. The summed E-state index contributed by atoms with van der Waals surface area (Å²) in [5, 5.41) is 5.97. The van der Waals surface area contributed by atoms with E-state index in [1.807, 2.05) is 85.8 Å². The van der Waals surface area contributed by atoms with E-state index in [0.29, 0.717) is 42.4 Å². The molecule has 0 heterocycles. The lowest BCUT2D eigenvalue weighted by molar-refractivity contribution is -0.114. The highest BCUT2D eigenvalue weighted by Gasteiger charge is 2.16. The second-order valence-electron chi connectivity index (χ2n) is 8.41. The SMILES string of the molecule is CCN(C(=O)c1cccc(NCC(=O)Nc2cccc(OCCOc3ccccc3)c2)c1)c1ccccc1. The van der Waals surface area contributed by atoms with E-state index in [2.05, 4.69) is 10.6 Å². The first-order valence-electron chi connectivity index (χ1n) is 12.5. The van der Waals surface area contributed by atoms with Gasteiger partial charge in [0, 0.05) is 35.2 Å². The molecule has 0 aromatic heterocycles. The van der Waals surface area contributed by atoms with Crippen LogP contribution in [-0.2, 0) is 4.79 Å². The number of anilines is 3. The number of ether oxygens (including phenoxy) is 2. The molecule has 4 aromatic rings. The van der Waals surface area contributed by atoms with E-state index in [1.54, 1.807) is 35.2 Å². The van der Waals surface area contributed by atoms with E-state index < -0.39 is 0 Å². The van der Waals surface area contributed by atoms with Gasteiger partial charge in [-0.1, -0.05) is 48.5 Å². The molecule has 0 radical (unpaired) electrons. The number of amides is 2. The predicted octanol–water partition coefficient (Wildman–Crippen LogP) is 5.86. The summed E-state index contributed by atoms with van der Waals surface area (Å²) in [6, 6.07) is 33.5. The molecule has 0 aliphatic heterocycles. The maximum absolute atomic E-state index is 13.1. The molecule has 4 aromatic carbocycles. The maximum Gasteiger partial charge on any atom is 0.258 e. The van der Waals surface area contributed by atoms with Crippen molar-refractivity contribution in [1.29, 1.82) is 0 Å². The van der Waals surface area contributed by atoms with Gasteiger partial charge in [0.05, 0.1) is 6.54 Å². The third-order valence-corrected chi connectivity index (χ3v) is 5.67. The van der Waals surface area contributed by atoms with E-state index >= 15 is 0 Å². The Morgan fingerprint density at radius 3 is 2.08 bits per heavy atom. The van der Waals surface area contributed by atoms with Crippen molar-refractivity contribution in [2.75, 3.05) is 41.8 Å². The highest BCUT2D eigenvalue weighted by molar-refractivity contribution is 6.06. The smallest absolute Gasteiger partial charge is 0.258 e. The Morgan fingerprint density at radius 2 is 1.34 bits per heavy atom. The number of hydrogen-bond acceptors (Lipinski definition) is 5. The van der Waals surface area contributed by atoms with Gasteiger partial charge in [-0.05, 0) is 61.5 Å². The lowest BCUT2D eigenvalue weighted by Gasteiger charge is -2.21. The van der Waals surface area contributed by atoms with Gasteiger partial charge in [0.15, 0.2) is 0 Å². The minimum Gasteiger partial charge on any atom is -0.490 e. The number of nitrogens with zero attached hydrogens (tertiary/aromatic N) is 1. The maximum atomic E-state index is 13.1. The zero-order valence-electron chi connectivity index (χ0n) is 21.3. The second-order valence-corrected chi connectivity index (χ2v) is 8.41. The second kappa shape index (κ2) is 13.5. The summed E-state index contributed by atoms with van der Waals surface area (Å²) in [6.45, 7) is 3.32. The van der Waals surface area contributed by atoms with Crippen molar-refractivity contribution in [3.05, 3.63) is 115 Å². The van der Waals surface area contributed by atoms with Gasteiger partial charge in [-0.25, -0.2) is 0 Å². The Labute approximate surface area is 223 Å². The van der Waals surface area contributed by atoms with Crippen molar-refractivity contribution in [2.24, 2.45) is 0 Å². The van der Waals surface area contributed by atoms with Crippen molar-refractivity contribution < 1.29 is 19.1 Å². The Hall–Kier alpha value is -4.78. The molecule has 0 saturated carbocycles. The summed E-state index contributed by atoms with van der Waals surface area (Å²) in [4.78, 5) is 27.4. The van der Waals surface area contributed by atoms with Crippen LogP contribution in [0.1, 0.15) is 17.3 Å². The Balaban J connectivity index is 1.26. The molecule has 7 nitrogen and oxygen atoms in total. The zero-order valence-corrected chi connectivity index (χ0v) is 21.3. The van der Waals surface area contributed by atoms with Crippen LogP contribution in [0.15, 0.2) is 109 Å². The average molecular weight is 510 g/mol. The first kappa shape index (κ1) is 26.3. The standard InChI is InChI=1S/C31H31N3O4/c1-2-34(27-14-5-3-6-15-27)31(36)24-11-9-12-25(21-24)32-23-30(35)33-26-13-10-18-29(22-26)38-20-19-37-28-16-7-4-8-17-28/h3-18,21-22,32H,2,19-20,23H2,1H3,(H,33,35). The molecular weight excluding hydrogens is 478 g/mol. The predicted molar refractivity (Wildman–Crippen MR) is 151 cm³/mol. The molecule has 0 aliphatic carbocycles. The number of para-hydroxylation sites is 2. The monoisotopic (exact) mass is 509 g/mol. The molecule has 0 unspecified atom stereocenters. The van der Waals surface area contributed by atoms with Crippen LogP contribution in [0.4, 0.5) is 17.1 Å². The lowest BCUT2D eigenvalue weighted by Crippen LogP contribution is -2.30. The largest absolute Gasteiger partial charge is 0.490 e. The van der Waals surface area contributed by atoms with Crippen LogP contribution in [0, 0.1) is 0 Å². The van der Waals surface area contributed by atoms with Crippen molar-refractivity contribution >= 4 is 28.9 Å². The van der Waals surface area contributed by atoms with Crippen molar-refractivity contribution in [3.63, 3.8) is 0 Å². The number of hydrogen-bond donors (Lipinski definition) is 2. The zero-order chi connectivity index (χ0) is 26.6. The number of carbonyl (C=O) groups is 2. The van der Waals surface area contributed by atoms with E-state index in [4.69, 9.17) is 9.47 Å². The van der Waals surface area contributed by atoms with Crippen molar-refractivity contribution in [1.82, 2.24) is 0 Å². The minimum atomic E-state index is -0.217. The van der Waals surface area contributed by atoms with Crippen LogP contribution in [0.3, 0.4) is 0 Å². The summed E-state index contributed by atoms with van der Waals surface area (Å²) >= 11 is 0. The lowest BCUT2D eigenvalue weighted by atomic mass is 10.1. The molecule has 7 heteroatoms. The fourth-order valence-electron chi connectivity index (χ4n) is 3.86. The molecule has 0 bridgehead atoms. The van der Waals surface area contributed by atoms with Gasteiger partial charge in [-0.15, -0.1) is 0 Å². The van der Waals surface area contributed by atoms with E-state index in [9.17, 15) is 9.59 Å². The average Bonchev–Trinajstić information content (AvgIpc) is 2.96. The normalized spacial score (nSPS) is 10.3.